The van der Waals surface area contributed by atoms with Gasteiger partial charge in [-0.15, -0.1) is 0 Å². The highest BCUT2D eigenvalue weighted by molar-refractivity contribution is 5.91. The fraction of sp³-hybridized carbons (Fsp3) is 0.667. The number of alkyl halides is 2. The second-order valence-electron chi connectivity index (χ2n) is 10.1. The van der Waals surface area contributed by atoms with Crippen molar-refractivity contribution in [2.75, 3.05) is 5.32 Å². The number of fused-ring (bicyclic) bond motifs is 1. The van der Waals surface area contributed by atoms with Gasteiger partial charge in [-0.3, -0.25) is 9.48 Å². The molecule has 1 amide bonds. The second kappa shape index (κ2) is 8.47. The summed E-state index contributed by atoms with van der Waals surface area (Å²) >= 11 is 0. The average molecular weight is 438 g/mol. The molecule has 1 saturated carbocycles. The summed E-state index contributed by atoms with van der Waals surface area (Å²) in [5.41, 5.74) is 1.20. The fourth-order valence-corrected chi connectivity index (χ4v) is 4.96. The van der Waals surface area contributed by atoms with Crippen LogP contribution < -0.4 is 5.32 Å². The van der Waals surface area contributed by atoms with E-state index in [4.69, 9.17) is 0 Å². The molecule has 0 bridgehead atoms. The molecule has 4 nitrogen and oxygen atoms in total. The number of rotatable bonds is 3. The Bertz CT molecular complexity index is 885. The summed E-state index contributed by atoms with van der Waals surface area (Å²) in [6.45, 7) is 10.5. The third kappa shape index (κ3) is 5.24. The fourth-order valence-electron chi connectivity index (χ4n) is 4.96. The lowest BCUT2D eigenvalue weighted by Crippen LogP contribution is -2.50. The average Bonchev–Trinajstić information content (AvgIpc) is 2.97. The second-order valence-corrected chi connectivity index (χ2v) is 10.1. The van der Waals surface area contributed by atoms with Gasteiger partial charge in [-0.05, 0) is 42.2 Å². The molecule has 2 heterocycles. The van der Waals surface area contributed by atoms with Crippen molar-refractivity contribution >= 4 is 11.7 Å². The number of nitrogens with zero attached hydrogens (tertiary/aromatic N) is 2. The largest absolute Gasteiger partial charge is 0.309 e. The van der Waals surface area contributed by atoms with Gasteiger partial charge in [-0.1, -0.05) is 40.7 Å². The monoisotopic (exact) mass is 437 g/mol. The predicted octanol–water partition coefficient (Wildman–Crippen LogP) is 6.54. The van der Waals surface area contributed by atoms with E-state index in [0.717, 1.165) is 11.3 Å². The minimum Gasteiger partial charge on any atom is -0.309 e. The first kappa shape index (κ1) is 23.6. The normalized spacial score (nSPS) is 23.2. The lowest BCUT2D eigenvalue weighted by atomic mass is 9.60. The van der Waals surface area contributed by atoms with Crippen LogP contribution in [0, 0.1) is 10.8 Å². The number of aryl methyl sites for hydroxylation is 1. The molecule has 0 radical (unpaired) electrons. The Morgan fingerprint density at radius 1 is 1.29 bits per heavy atom. The van der Waals surface area contributed by atoms with Gasteiger partial charge in [0.25, 0.3) is 0 Å². The van der Waals surface area contributed by atoms with Crippen molar-refractivity contribution in [2.45, 2.75) is 91.5 Å². The number of anilines is 1. The van der Waals surface area contributed by atoms with Crippen LogP contribution in [0.5, 0.6) is 0 Å². The number of amides is 1. The molecule has 2 aliphatic carbocycles. The van der Waals surface area contributed by atoms with Crippen LogP contribution in [0.25, 0.3) is 0 Å². The highest BCUT2D eigenvalue weighted by Crippen LogP contribution is 2.58. The molecule has 1 spiro atoms. The van der Waals surface area contributed by atoms with Crippen LogP contribution in [0.1, 0.15) is 83.9 Å². The maximum atomic E-state index is 13.6. The maximum absolute atomic E-state index is 13.6. The van der Waals surface area contributed by atoms with E-state index in [1.54, 1.807) is 6.08 Å². The van der Waals surface area contributed by atoms with E-state index in [1.807, 2.05) is 39.3 Å². The molecule has 7 heteroatoms. The number of allylic oxidation sites excluding steroid dienone is 4. The number of nitrogens with one attached hydrogen (secondary N) is 1. The first-order valence-electron chi connectivity index (χ1n) is 11.3. The maximum Gasteiger partial charge on any atom is 0.249 e. The summed E-state index contributed by atoms with van der Waals surface area (Å²) in [6, 6.07) is 0. The Morgan fingerprint density at radius 3 is 2.52 bits per heavy atom. The SMILES string of the molecule is CC.CC(C)(C)CC(=O)Nc1nn2c(c1C1C=CC(F)=CC1)CC1(CC2)CC(F)(F)C1. The van der Waals surface area contributed by atoms with E-state index in [2.05, 4.69) is 10.4 Å². The summed E-state index contributed by atoms with van der Waals surface area (Å²) < 4.78 is 42.6. The van der Waals surface area contributed by atoms with Gasteiger partial charge in [0.1, 0.15) is 5.83 Å². The third-order valence-electron chi connectivity index (χ3n) is 6.14. The molecule has 1 aliphatic heterocycles. The van der Waals surface area contributed by atoms with Gasteiger partial charge < -0.3 is 5.32 Å². The van der Waals surface area contributed by atoms with Crippen LogP contribution in [-0.2, 0) is 17.8 Å². The van der Waals surface area contributed by atoms with Crippen LogP contribution in [0.15, 0.2) is 24.1 Å². The van der Waals surface area contributed by atoms with Crippen molar-refractivity contribution in [3.63, 3.8) is 0 Å². The van der Waals surface area contributed by atoms with Crippen molar-refractivity contribution in [2.24, 2.45) is 10.8 Å². The molecule has 1 fully saturated rings. The number of hydrogen-bond donors (Lipinski definition) is 1. The van der Waals surface area contributed by atoms with Gasteiger partial charge in [0.05, 0.1) is 0 Å². The predicted molar refractivity (Wildman–Crippen MR) is 117 cm³/mol. The molecule has 1 atom stereocenters. The van der Waals surface area contributed by atoms with Crippen LogP contribution in [0.4, 0.5) is 19.0 Å². The summed E-state index contributed by atoms with van der Waals surface area (Å²) in [5, 5.41) is 7.57. The van der Waals surface area contributed by atoms with Crippen molar-refractivity contribution in [3.05, 3.63) is 35.3 Å². The molecule has 1 unspecified atom stereocenters. The molecule has 3 aliphatic rings. The van der Waals surface area contributed by atoms with Crippen molar-refractivity contribution in [1.29, 1.82) is 0 Å². The van der Waals surface area contributed by atoms with E-state index >= 15 is 0 Å². The van der Waals surface area contributed by atoms with Gasteiger partial charge in [0.2, 0.25) is 11.8 Å². The van der Waals surface area contributed by atoms with Crippen LogP contribution in [0.3, 0.4) is 0 Å². The van der Waals surface area contributed by atoms with Gasteiger partial charge in [-0.25, -0.2) is 13.2 Å². The van der Waals surface area contributed by atoms with E-state index in [-0.39, 0.29) is 41.3 Å². The molecule has 4 rings (SSSR count). The lowest BCUT2D eigenvalue weighted by molar-refractivity contribution is -0.169. The Labute approximate surface area is 183 Å². The van der Waals surface area contributed by atoms with Crippen LogP contribution >= 0.6 is 0 Å². The van der Waals surface area contributed by atoms with Crippen molar-refractivity contribution in [3.8, 4) is 0 Å². The van der Waals surface area contributed by atoms with Crippen molar-refractivity contribution < 1.29 is 18.0 Å². The molecular formula is C24H34F3N3O. The Kier molecular flexibility index (Phi) is 6.45. The number of halogens is 3. The minimum atomic E-state index is -2.58. The Morgan fingerprint density at radius 2 is 1.97 bits per heavy atom. The first-order chi connectivity index (χ1) is 14.5. The molecule has 0 saturated heterocycles. The van der Waals surface area contributed by atoms with Gasteiger partial charge in [0, 0.05) is 43.0 Å². The Hall–Kier alpha value is -2.05. The zero-order valence-electron chi connectivity index (χ0n) is 19.2. The molecule has 1 N–H and O–H groups in total. The Balaban J connectivity index is 0.00000132. The third-order valence-corrected chi connectivity index (χ3v) is 6.14. The topological polar surface area (TPSA) is 46.9 Å². The summed E-state index contributed by atoms with van der Waals surface area (Å²) in [6.07, 6.45) is 6.55. The molecule has 172 valence electrons. The zero-order chi connectivity index (χ0) is 23.0. The molecule has 1 aromatic heterocycles. The molecule has 31 heavy (non-hydrogen) atoms. The number of carbonyl (C=O) groups is 1. The van der Waals surface area contributed by atoms with E-state index in [0.29, 0.717) is 38.0 Å². The van der Waals surface area contributed by atoms with E-state index in [1.165, 1.54) is 12.2 Å². The quantitative estimate of drug-likeness (QED) is 0.583. The van der Waals surface area contributed by atoms with E-state index < -0.39 is 5.92 Å². The standard InChI is InChI=1S/C22H28F3N3O.C2H6/c1-20(2,3)11-17(29)26-19-18(14-4-6-15(23)7-5-14)16-10-21(8-9-28(16)27-19)12-22(24,25)13-21;1-2/h4,6-7,14H,5,8-13H2,1-3H3,(H,26,27,29);1-2H3. The summed E-state index contributed by atoms with van der Waals surface area (Å²) in [7, 11) is 0. The van der Waals surface area contributed by atoms with Gasteiger partial charge in [0.15, 0.2) is 5.82 Å². The number of hydrogen-bond acceptors (Lipinski definition) is 2. The smallest absolute Gasteiger partial charge is 0.249 e. The highest BCUT2D eigenvalue weighted by atomic mass is 19.3. The number of carbonyl (C=O) groups excluding carboxylic acids is 1. The van der Waals surface area contributed by atoms with Gasteiger partial charge in [-0.2, -0.15) is 5.10 Å². The summed E-state index contributed by atoms with van der Waals surface area (Å²) in [4.78, 5) is 12.6. The van der Waals surface area contributed by atoms with Crippen LogP contribution in [-0.4, -0.2) is 21.6 Å². The highest BCUT2D eigenvalue weighted by Gasteiger charge is 2.57. The van der Waals surface area contributed by atoms with Gasteiger partial charge >= 0.3 is 0 Å². The minimum absolute atomic E-state index is 0.0919. The van der Waals surface area contributed by atoms with Crippen molar-refractivity contribution in [1.82, 2.24) is 9.78 Å². The first-order valence-corrected chi connectivity index (χ1v) is 11.3. The molecular weight excluding hydrogens is 403 g/mol. The van der Waals surface area contributed by atoms with Crippen LogP contribution in [0.2, 0.25) is 0 Å². The summed E-state index contributed by atoms with van der Waals surface area (Å²) in [5.74, 6) is -2.62. The zero-order valence-corrected chi connectivity index (χ0v) is 19.2. The lowest BCUT2D eigenvalue weighted by Gasteiger charge is -2.49. The molecule has 0 aromatic carbocycles. The van der Waals surface area contributed by atoms with E-state index in [9.17, 15) is 18.0 Å². The molecule has 1 aromatic rings. The number of aromatic nitrogens is 2.